The van der Waals surface area contributed by atoms with Gasteiger partial charge in [-0.15, -0.1) is 0 Å². The Bertz CT molecular complexity index is 552. The molecule has 3 heteroatoms. The molecule has 0 spiro atoms. The van der Waals surface area contributed by atoms with E-state index in [2.05, 4.69) is 47.1 Å². The van der Waals surface area contributed by atoms with Crippen LogP contribution in [0.4, 0.5) is 0 Å². The third-order valence-corrected chi connectivity index (χ3v) is 4.34. The fraction of sp³-hybridized carbons (Fsp3) is 0.200. The molecule has 0 fully saturated rings. The average molecular weight is 344 g/mol. The van der Waals surface area contributed by atoms with Gasteiger partial charge >= 0.3 is 0 Å². The molecule has 1 unspecified atom stereocenters. The van der Waals surface area contributed by atoms with E-state index in [1.165, 1.54) is 11.1 Å². The van der Waals surface area contributed by atoms with Crippen molar-refractivity contribution in [2.75, 3.05) is 0 Å². The largest absolute Gasteiger partial charge is 0.0843 e. The normalized spacial score (nSPS) is 12.4. The summed E-state index contributed by atoms with van der Waals surface area (Å²) in [5.74, 6) is 0. The van der Waals surface area contributed by atoms with Crippen LogP contribution in [0.3, 0.4) is 0 Å². The van der Waals surface area contributed by atoms with Crippen LogP contribution >= 0.6 is 39.1 Å². The number of halogens is 3. The Morgan fingerprint density at radius 1 is 1.11 bits per heavy atom. The van der Waals surface area contributed by atoms with Gasteiger partial charge in [0.25, 0.3) is 0 Å². The van der Waals surface area contributed by atoms with Crippen molar-refractivity contribution < 1.29 is 0 Å². The van der Waals surface area contributed by atoms with Gasteiger partial charge in [-0.05, 0) is 42.2 Å². The molecule has 0 saturated carbocycles. The van der Waals surface area contributed by atoms with Gasteiger partial charge in [0.1, 0.15) is 0 Å². The van der Waals surface area contributed by atoms with E-state index in [-0.39, 0.29) is 4.83 Å². The Morgan fingerprint density at radius 3 is 2.50 bits per heavy atom. The van der Waals surface area contributed by atoms with Crippen molar-refractivity contribution in [2.24, 2.45) is 0 Å². The molecule has 0 nitrogen and oxygen atoms in total. The molecule has 1 atom stereocenters. The summed E-state index contributed by atoms with van der Waals surface area (Å²) in [6.07, 6.45) is 0.911. The van der Waals surface area contributed by atoms with E-state index in [9.17, 15) is 0 Å². The maximum absolute atomic E-state index is 6.22. The lowest BCUT2D eigenvalue weighted by molar-refractivity contribution is 0.939. The molecular weight excluding hydrogens is 331 g/mol. The molecule has 0 radical (unpaired) electrons. The van der Waals surface area contributed by atoms with Crippen LogP contribution in [-0.4, -0.2) is 0 Å². The molecule has 0 N–H and O–H groups in total. The Morgan fingerprint density at radius 2 is 1.83 bits per heavy atom. The van der Waals surface area contributed by atoms with Crippen LogP contribution in [0.5, 0.6) is 0 Å². The van der Waals surface area contributed by atoms with Crippen molar-refractivity contribution >= 4 is 39.1 Å². The maximum atomic E-state index is 6.22. The second-order valence-corrected chi connectivity index (χ2v) is 6.21. The van der Waals surface area contributed by atoms with Gasteiger partial charge in [0.05, 0.1) is 0 Å². The van der Waals surface area contributed by atoms with Crippen LogP contribution in [0.25, 0.3) is 0 Å². The molecular formula is C15H13BrCl2. The fourth-order valence-electron chi connectivity index (χ4n) is 1.90. The smallest absolute Gasteiger partial charge is 0.0464 e. The first-order valence-corrected chi connectivity index (χ1v) is 7.38. The molecule has 0 saturated heterocycles. The quantitative estimate of drug-likeness (QED) is 0.601. The first kappa shape index (κ1) is 13.9. The molecule has 0 bridgehead atoms. The number of hydrogen-bond acceptors (Lipinski definition) is 0. The minimum absolute atomic E-state index is 0.198. The van der Waals surface area contributed by atoms with Crippen molar-refractivity contribution in [3.05, 3.63) is 69.2 Å². The summed E-state index contributed by atoms with van der Waals surface area (Å²) in [4.78, 5) is 0.198. The lowest BCUT2D eigenvalue weighted by Crippen LogP contribution is -1.98. The topological polar surface area (TPSA) is 0 Å². The summed E-state index contributed by atoms with van der Waals surface area (Å²) in [5, 5.41) is 1.37. The third kappa shape index (κ3) is 3.28. The number of hydrogen-bond donors (Lipinski definition) is 0. The molecule has 0 aliphatic heterocycles. The highest BCUT2D eigenvalue weighted by Crippen LogP contribution is 2.34. The molecule has 0 aliphatic carbocycles. The Balaban J connectivity index is 2.22. The van der Waals surface area contributed by atoms with Crippen molar-refractivity contribution in [1.82, 2.24) is 0 Å². The number of aryl methyl sites for hydroxylation is 1. The van der Waals surface area contributed by atoms with Gasteiger partial charge in [0, 0.05) is 14.9 Å². The van der Waals surface area contributed by atoms with Crippen molar-refractivity contribution in [3.8, 4) is 0 Å². The summed E-state index contributed by atoms with van der Waals surface area (Å²) in [7, 11) is 0. The second-order valence-electron chi connectivity index (χ2n) is 4.26. The van der Waals surface area contributed by atoms with Crippen LogP contribution in [0.2, 0.25) is 10.0 Å². The predicted octanol–water partition coefficient (Wildman–Crippen LogP) is 5.98. The standard InChI is InChI=1S/C15H13BrCl2/c1-10-4-2-3-5-11(10)8-14(16)13-7-6-12(17)9-15(13)18/h2-7,9,14H,8H2,1H3. The van der Waals surface area contributed by atoms with Gasteiger partial charge in [0.2, 0.25) is 0 Å². The lowest BCUT2D eigenvalue weighted by Gasteiger charge is -2.14. The van der Waals surface area contributed by atoms with Crippen LogP contribution in [0.15, 0.2) is 42.5 Å². The first-order valence-electron chi connectivity index (χ1n) is 5.71. The molecule has 0 amide bonds. The highest BCUT2D eigenvalue weighted by molar-refractivity contribution is 9.09. The monoisotopic (exact) mass is 342 g/mol. The minimum atomic E-state index is 0.198. The van der Waals surface area contributed by atoms with Crippen molar-refractivity contribution in [1.29, 1.82) is 0 Å². The number of benzene rings is 2. The van der Waals surface area contributed by atoms with Crippen LogP contribution in [-0.2, 0) is 6.42 Å². The lowest BCUT2D eigenvalue weighted by atomic mass is 10.0. The highest BCUT2D eigenvalue weighted by atomic mass is 79.9. The van der Waals surface area contributed by atoms with Gasteiger partial charge in [-0.2, -0.15) is 0 Å². The summed E-state index contributed by atoms with van der Waals surface area (Å²) in [6, 6.07) is 14.0. The van der Waals surface area contributed by atoms with E-state index in [4.69, 9.17) is 23.2 Å². The van der Waals surface area contributed by atoms with E-state index < -0.39 is 0 Å². The summed E-state index contributed by atoms with van der Waals surface area (Å²) in [6.45, 7) is 2.12. The SMILES string of the molecule is Cc1ccccc1CC(Br)c1ccc(Cl)cc1Cl. The molecule has 2 rings (SSSR count). The van der Waals surface area contributed by atoms with E-state index in [1.807, 2.05) is 12.1 Å². The fourth-order valence-corrected chi connectivity index (χ4v) is 3.32. The zero-order valence-corrected chi connectivity index (χ0v) is 13.1. The van der Waals surface area contributed by atoms with Gasteiger partial charge in [-0.1, -0.05) is 69.5 Å². The van der Waals surface area contributed by atoms with Gasteiger partial charge < -0.3 is 0 Å². The minimum Gasteiger partial charge on any atom is -0.0843 e. The molecule has 0 heterocycles. The van der Waals surface area contributed by atoms with Gasteiger partial charge in [-0.25, -0.2) is 0 Å². The Labute approximate surface area is 126 Å². The summed E-state index contributed by atoms with van der Waals surface area (Å²) in [5.41, 5.74) is 3.70. The van der Waals surface area contributed by atoms with Crippen LogP contribution < -0.4 is 0 Å². The molecule has 2 aromatic rings. The molecule has 18 heavy (non-hydrogen) atoms. The Kier molecular flexibility index (Phi) is 4.71. The second kappa shape index (κ2) is 6.10. The molecule has 94 valence electrons. The van der Waals surface area contributed by atoms with E-state index in [1.54, 1.807) is 6.07 Å². The maximum Gasteiger partial charge on any atom is 0.0464 e. The number of alkyl halides is 1. The van der Waals surface area contributed by atoms with Crippen LogP contribution in [0, 0.1) is 6.92 Å². The van der Waals surface area contributed by atoms with Crippen molar-refractivity contribution in [2.45, 2.75) is 18.2 Å². The summed E-state index contributed by atoms with van der Waals surface area (Å²) < 4.78 is 0. The van der Waals surface area contributed by atoms with Gasteiger partial charge in [0.15, 0.2) is 0 Å². The van der Waals surface area contributed by atoms with E-state index in [0.29, 0.717) is 10.0 Å². The summed E-state index contributed by atoms with van der Waals surface area (Å²) >= 11 is 15.8. The Hall–Kier alpha value is -0.500. The molecule has 2 aromatic carbocycles. The zero-order chi connectivity index (χ0) is 13.1. The van der Waals surface area contributed by atoms with E-state index >= 15 is 0 Å². The van der Waals surface area contributed by atoms with Crippen LogP contribution in [0.1, 0.15) is 21.5 Å². The third-order valence-electron chi connectivity index (χ3n) is 2.96. The molecule has 0 aromatic heterocycles. The molecule has 0 aliphatic rings. The van der Waals surface area contributed by atoms with Gasteiger partial charge in [-0.3, -0.25) is 0 Å². The van der Waals surface area contributed by atoms with E-state index in [0.717, 1.165) is 12.0 Å². The number of rotatable bonds is 3. The predicted molar refractivity (Wildman–Crippen MR) is 83.0 cm³/mol. The first-order chi connectivity index (χ1) is 8.58. The highest BCUT2D eigenvalue weighted by Gasteiger charge is 2.13. The average Bonchev–Trinajstić information content (AvgIpc) is 2.32. The van der Waals surface area contributed by atoms with Crippen molar-refractivity contribution in [3.63, 3.8) is 0 Å². The zero-order valence-electron chi connectivity index (χ0n) is 9.96.